The monoisotopic (exact) mass is 463 g/mol. The van der Waals surface area contributed by atoms with Crippen molar-refractivity contribution in [3.05, 3.63) is 95.0 Å². The molecule has 3 aromatic carbocycles. The smallest absolute Gasteiger partial charge is 0.319 e. The molecule has 7 heteroatoms. The number of anilines is 1. The van der Waals surface area contributed by atoms with E-state index < -0.39 is 0 Å². The van der Waals surface area contributed by atoms with Gasteiger partial charge in [0.15, 0.2) is 0 Å². The van der Waals surface area contributed by atoms with Crippen LogP contribution in [-0.2, 0) is 6.61 Å². The fourth-order valence-corrected chi connectivity index (χ4v) is 3.91. The van der Waals surface area contributed by atoms with Gasteiger partial charge in [-0.25, -0.2) is 4.79 Å². The quantitative estimate of drug-likeness (QED) is 0.518. The fourth-order valence-electron chi connectivity index (χ4n) is 3.78. The molecule has 4 rings (SSSR count). The number of hydrogen-bond donors (Lipinski definition) is 2. The number of nitrogens with one attached hydrogen (secondary N) is 2. The number of rotatable bonds is 6. The molecule has 1 aliphatic heterocycles. The molecule has 0 aromatic heterocycles. The molecule has 1 saturated heterocycles. The standard InChI is InChI=1S/C26H26ClN3O3/c27-20-12-10-19(11-13-20)18-33-24-9-5-4-8-23(24)25(31)30-16-14-22(15-17-30)29-26(32)28-21-6-2-1-3-7-21/h1-13,22H,14-18H2,(H2,28,29,32). The van der Waals surface area contributed by atoms with E-state index in [1.54, 1.807) is 6.07 Å². The Morgan fingerprint density at radius 1 is 0.909 bits per heavy atom. The Balaban J connectivity index is 1.30. The maximum atomic E-state index is 13.2. The lowest BCUT2D eigenvalue weighted by Gasteiger charge is -2.32. The molecule has 6 nitrogen and oxygen atoms in total. The van der Waals surface area contributed by atoms with Crippen LogP contribution in [0.3, 0.4) is 0 Å². The molecule has 0 aliphatic carbocycles. The summed E-state index contributed by atoms with van der Waals surface area (Å²) in [6, 6.07) is 23.8. The zero-order valence-electron chi connectivity index (χ0n) is 18.2. The lowest BCUT2D eigenvalue weighted by molar-refractivity contribution is 0.0704. The Bertz CT molecular complexity index is 1080. The molecule has 3 aromatic rings. The summed E-state index contributed by atoms with van der Waals surface area (Å²) in [5.74, 6) is 0.494. The van der Waals surface area contributed by atoms with Crippen LogP contribution in [0.2, 0.25) is 5.02 Å². The van der Waals surface area contributed by atoms with Crippen LogP contribution in [0.25, 0.3) is 0 Å². The number of likely N-dealkylation sites (tertiary alicyclic amines) is 1. The van der Waals surface area contributed by atoms with Gasteiger partial charge in [-0.3, -0.25) is 4.79 Å². The van der Waals surface area contributed by atoms with Crippen molar-refractivity contribution in [3.63, 3.8) is 0 Å². The van der Waals surface area contributed by atoms with Crippen LogP contribution < -0.4 is 15.4 Å². The van der Waals surface area contributed by atoms with Gasteiger partial charge in [0.05, 0.1) is 5.56 Å². The van der Waals surface area contributed by atoms with Crippen LogP contribution in [0.15, 0.2) is 78.9 Å². The highest BCUT2D eigenvalue weighted by Gasteiger charge is 2.26. The molecule has 0 bridgehead atoms. The lowest BCUT2D eigenvalue weighted by atomic mass is 10.0. The number of amides is 3. The minimum atomic E-state index is -0.230. The average Bonchev–Trinajstić information content (AvgIpc) is 2.84. The topological polar surface area (TPSA) is 70.7 Å². The highest BCUT2D eigenvalue weighted by Crippen LogP contribution is 2.23. The maximum absolute atomic E-state index is 13.2. The molecule has 1 fully saturated rings. The van der Waals surface area contributed by atoms with Crippen LogP contribution in [0.4, 0.5) is 10.5 Å². The molecular formula is C26H26ClN3O3. The summed E-state index contributed by atoms with van der Waals surface area (Å²) >= 11 is 5.94. The zero-order valence-corrected chi connectivity index (χ0v) is 18.9. The third kappa shape index (κ3) is 6.26. The van der Waals surface area contributed by atoms with E-state index in [0.29, 0.717) is 48.9 Å². The first-order valence-corrected chi connectivity index (χ1v) is 11.3. The molecule has 0 saturated carbocycles. The van der Waals surface area contributed by atoms with Crippen LogP contribution in [0.1, 0.15) is 28.8 Å². The van der Waals surface area contributed by atoms with Crippen molar-refractivity contribution < 1.29 is 14.3 Å². The van der Waals surface area contributed by atoms with E-state index in [0.717, 1.165) is 11.3 Å². The highest BCUT2D eigenvalue weighted by atomic mass is 35.5. The van der Waals surface area contributed by atoms with E-state index >= 15 is 0 Å². The molecule has 0 spiro atoms. The molecule has 33 heavy (non-hydrogen) atoms. The second kappa shape index (κ2) is 10.9. The first-order valence-electron chi connectivity index (χ1n) is 11.0. The second-order valence-electron chi connectivity index (χ2n) is 7.94. The van der Waals surface area contributed by atoms with Crippen LogP contribution in [0.5, 0.6) is 5.75 Å². The Labute approximate surface area is 198 Å². The van der Waals surface area contributed by atoms with Crippen LogP contribution >= 0.6 is 11.6 Å². The predicted molar refractivity (Wildman–Crippen MR) is 130 cm³/mol. The van der Waals surface area contributed by atoms with Gasteiger partial charge < -0.3 is 20.3 Å². The fraction of sp³-hybridized carbons (Fsp3) is 0.231. The number of hydrogen-bond acceptors (Lipinski definition) is 3. The Hall–Kier alpha value is -3.51. The molecule has 2 N–H and O–H groups in total. The number of ether oxygens (including phenoxy) is 1. The average molecular weight is 464 g/mol. The van der Waals surface area contributed by atoms with Crippen molar-refractivity contribution in [1.29, 1.82) is 0 Å². The minimum absolute atomic E-state index is 0.0224. The van der Waals surface area contributed by atoms with Crippen molar-refractivity contribution in [3.8, 4) is 5.75 Å². The molecule has 3 amide bonds. The van der Waals surface area contributed by atoms with Crippen LogP contribution in [-0.4, -0.2) is 36.0 Å². The van der Waals surface area contributed by atoms with E-state index in [9.17, 15) is 9.59 Å². The summed E-state index contributed by atoms with van der Waals surface area (Å²) in [6.45, 7) is 1.49. The van der Waals surface area contributed by atoms with Gasteiger partial charge in [0.2, 0.25) is 0 Å². The second-order valence-corrected chi connectivity index (χ2v) is 8.38. The van der Waals surface area contributed by atoms with E-state index in [1.165, 1.54) is 0 Å². The predicted octanol–water partition coefficient (Wildman–Crippen LogP) is 5.35. The molecular weight excluding hydrogens is 438 g/mol. The van der Waals surface area contributed by atoms with Crippen LogP contribution in [0, 0.1) is 0 Å². The summed E-state index contributed by atoms with van der Waals surface area (Å²) < 4.78 is 5.95. The van der Waals surface area contributed by atoms with Gasteiger partial charge in [-0.1, -0.05) is 54.1 Å². The number of para-hydroxylation sites is 2. The molecule has 170 valence electrons. The SMILES string of the molecule is O=C(Nc1ccccc1)NC1CCN(C(=O)c2ccccc2OCc2ccc(Cl)cc2)CC1. The summed E-state index contributed by atoms with van der Waals surface area (Å²) in [7, 11) is 0. The summed E-state index contributed by atoms with van der Waals surface area (Å²) in [5, 5.41) is 6.50. The van der Waals surface area contributed by atoms with Gasteiger partial charge in [-0.05, 0) is 54.8 Å². The number of benzene rings is 3. The number of carbonyl (C=O) groups excluding carboxylic acids is 2. The van der Waals surface area contributed by atoms with Gasteiger partial charge in [0.1, 0.15) is 12.4 Å². The van der Waals surface area contributed by atoms with Crippen molar-refractivity contribution in [1.82, 2.24) is 10.2 Å². The Kier molecular flexibility index (Phi) is 7.47. The summed E-state index contributed by atoms with van der Waals surface area (Å²) in [4.78, 5) is 27.2. The molecule has 0 unspecified atom stereocenters. The third-order valence-corrected chi connectivity index (χ3v) is 5.83. The largest absolute Gasteiger partial charge is 0.488 e. The third-order valence-electron chi connectivity index (χ3n) is 5.57. The highest BCUT2D eigenvalue weighted by molar-refractivity contribution is 6.30. The van der Waals surface area contributed by atoms with Gasteiger partial charge in [0, 0.05) is 29.8 Å². The number of urea groups is 1. The summed E-state index contributed by atoms with van der Waals surface area (Å²) in [6.07, 6.45) is 1.39. The van der Waals surface area contributed by atoms with Gasteiger partial charge in [0.25, 0.3) is 5.91 Å². The number of piperidine rings is 1. The number of nitrogens with zero attached hydrogens (tertiary/aromatic N) is 1. The molecule has 1 heterocycles. The normalized spacial score (nSPS) is 13.9. The van der Waals surface area contributed by atoms with Gasteiger partial charge >= 0.3 is 6.03 Å². The lowest BCUT2D eigenvalue weighted by Crippen LogP contribution is -2.47. The van der Waals surface area contributed by atoms with Crippen molar-refractivity contribution in [2.45, 2.75) is 25.5 Å². The van der Waals surface area contributed by atoms with E-state index in [2.05, 4.69) is 10.6 Å². The first kappa shape index (κ1) is 22.7. The van der Waals surface area contributed by atoms with E-state index in [-0.39, 0.29) is 18.0 Å². The van der Waals surface area contributed by atoms with Crippen molar-refractivity contribution >= 4 is 29.2 Å². The van der Waals surface area contributed by atoms with Gasteiger partial charge in [-0.15, -0.1) is 0 Å². The number of halogens is 1. The van der Waals surface area contributed by atoms with Crippen molar-refractivity contribution in [2.24, 2.45) is 0 Å². The summed E-state index contributed by atoms with van der Waals surface area (Å²) in [5.41, 5.74) is 2.26. The van der Waals surface area contributed by atoms with Crippen molar-refractivity contribution in [2.75, 3.05) is 18.4 Å². The molecule has 0 radical (unpaired) electrons. The maximum Gasteiger partial charge on any atom is 0.319 e. The zero-order chi connectivity index (χ0) is 23.0. The van der Waals surface area contributed by atoms with E-state index in [1.807, 2.05) is 77.7 Å². The first-order chi connectivity index (χ1) is 16.1. The minimum Gasteiger partial charge on any atom is -0.488 e. The molecule has 1 aliphatic rings. The van der Waals surface area contributed by atoms with E-state index in [4.69, 9.17) is 16.3 Å². The Morgan fingerprint density at radius 3 is 2.30 bits per heavy atom. The molecule has 0 atom stereocenters. The number of carbonyl (C=O) groups is 2. The Morgan fingerprint density at radius 2 is 1.58 bits per heavy atom. The van der Waals surface area contributed by atoms with Gasteiger partial charge in [-0.2, -0.15) is 0 Å².